The summed E-state index contributed by atoms with van der Waals surface area (Å²) in [5.74, 6) is -7.51. The number of aliphatic hydroxyl groups is 4. The summed E-state index contributed by atoms with van der Waals surface area (Å²) < 4.78 is 17.4. The number of methoxy groups -OCH3 is 1. The maximum atomic E-state index is 14.1. The second-order valence-electron chi connectivity index (χ2n) is 13.6. The summed E-state index contributed by atoms with van der Waals surface area (Å²) in [6.07, 6.45) is 2.65. The Bertz CT molecular complexity index is 1720. The molecule has 0 saturated carbocycles. The van der Waals surface area contributed by atoms with E-state index in [1.54, 1.807) is 39.8 Å². The number of hydrogen-bond acceptors (Lipinski definition) is 12. The van der Waals surface area contributed by atoms with Crippen molar-refractivity contribution >= 4 is 23.7 Å². The summed E-state index contributed by atoms with van der Waals surface area (Å²) in [6, 6.07) is 0. The van der Waals surface area contributed by atoms with Crippen LogP contribution in [0.4, 0.5) is 0 Å². The molecule has 5 rings (SSSR count). The molecule has 3 aliphatic heterocycles. The Balaban J connectivity index is 0.00000729. The molecule has 3 heterocycles. The van der Waals surface area contributed by atoms with Crippen molar-refractivity contribution in [1.29, 1.82) is 0 Å². The van der Waals surface area contributed by atoms with Gasteiger partial charge in [0, 0.05) is 98.9 Å². The zero-order valence-corrected chi connectivity index (χ0v) is 33.7. The number of rotatable bonds is 3. The number of nitrogens with one attached hydrogen (secondary N) is 1. The smallest absolute Gasteiger partial charge is 0.312 e. The van der Waals surface area contributed by atoms with Crippen molar-refractivity contribution < 1.29 is 86.8 Å². The summed E-state index contributed by atoms with van der Waals surface area (Å²) >= 11 is 0. The van der Waals surface area contributed by atoms with E-state index in [-0.39, 0.29) is 72.0 Å². The van der Waals surface area contributed by atoms with Gasteiger partial charge in [0.1, 0.15) is 17.6 Å². The van der Waals surface area contributed by atoms with Gasteiger partial charge >= 0.3 is 5.79 Å². The number of benzene rings is 1. The Kier molecular flexibility index (Phi) is 14.3. The van der Waals surface area contributed by atoms with Crippen LogP contribution in [0.3, 0.4) is 0 Å². The molecule has 1 unspecified atom stereocenters. The number of carbonyl (C=O) groups is 3. The molecule has 14 nitrogen and oxygen atoms in total. The maximum Gasteiger partial charge on any atom is 0.312 e. The Morgan fingerprint density at radius 2 is 1.58 bits per heavy atom. The summed E-state index contributed by atoms with van der Waals surface area (Å²) in [5.41, 5.74) is 2.41. The zero-order chi connectivity index (χ0) is 38.1. The average Bonchev–Trinajstić information content (AvgIpc) is 3.37. The number of Topliss-reactive ketones (excluding diaryl/α,β-unsaturated/α-hetero) is 2. The van der Waals surface area contributed by atoms with Gasteiger partial charge in [0.15, 0.2) is 0 Å². The van der Waals surface area contributed by atoms with Crippen LogP contribution in [-0.4, -0.2) is 93.6 Å². The van der Waals surface area contributed by atoms with Crippen LogP contribution in [0.5, 0.6) is 11.5 Å². The standard InChI is InChI=1S/C37H49N3O11.Y/c1-16-11-10-12-17(2)36(48)40-27-22(15-39-38-8)32(45)24-25(33(27)46)31(44)21(6)34-26(24)35(47)37(7,51-34)50-14-13-23(49-9)18(3)29(42)20(5)30(43)19(4)28(16)41;/h10-16,18-20,23,28-30,32,41-43,45H,1-9H3,(H3,38,39,40,44,46,47,48);/p-1/b11-10+,14-13+,17-12-;/t16-,18-,19-,20+,23+,28-,29-,30+,32?,37+;/m1./s1. The van der Waals surface area contributed by atoms with Gasteiger partial charge in [0.05, 0.1) is 47.5 Å². The summed E-state index contributed by atoms with van der Waals surface area (Å²) in [7, 11) is 2.78. The fourth-order valence-corrected chi connectivity index (χ4v) is 6.72. The molecule has 281 valence electrons. The third kappa shape index (κ3) is 7.98. The molecule has 0 saturated heterocycles. The first-order valence-corrected chi connectivity index (χ1v) is 16.7. The van der Waals surface area contributed by atoms with E-state index in [1.165, 1.54) is 53.3 Å². The summed E-state index contributed by atoms with van der Waals surface area (Å²) in [4.78, 5) is 41.5. The van der Waals surface area contributed by atoms with E-state index >= 15 is 0 Å². The van der Waals surface area contributed by atoms with Crippen LogP contribution in [0.25, 0.3) is 5.43 Å². The van der Waals surface area contributed by atoms with Gasteiger partial charge in [-0.15, -0.1) is 7.05 Å². The van der Waals surface area contributed by atoms with Gasteiger partial charge in [-0.1, -0.05) is 45.9 Å². The van der Waals surface area contributed by atoms with E-state index < -0.39 is 88.8 Å². The molecule has 6 N–H and O–H groups in total. The number of fused-ring (bicyclic) bond motifs is 14. The number of aromatic hydroxyl groups is 1. The molecule has 10 atom stereocenters. The molecule has 1 aromatic rings. The van der Waals surface area contributed by atoms with Crippen LogP contribution < -0.4 is 10.1 Å². The van der Waals surface area contributed by atoms with Gasteiger partial charge in [0.25, 0.3) is 11.7 Å². The second kappa shape index (κ2) is 17.3. The maximum absolute atomic E-state index is 14.1. The molecule has 4 aliphatic rings. The Morgan fingerprint density at radius 3 is 2.19 bits per heavy atom. The first-order chi connectivity index (χ1) is 23.9. The number of ketones is 2. The predicted molar refractivity (Wildman–Crippen MR) is 187 cm³/mol. The Labute approximate surface area is 328 Å². The van der Waals surface area contributed by atoms with Crippen LogP contribution in [-0.2, 0) is 47.0 Å². The number of carbonyl (C=O) groups excluding carboxylic acids is 3. The van der Waals surface area contributed by atoms with E-state index in [9.17, 15) is 39.9 Å². The van der Waals surface area contributed by atoms with E-state index in [2.05, 4.69) is 15.8 Å². The number of hydrogen-bond donors (Lipinski definition) is 6. The minimum Gasteiger partial charge on any atom is -0.605 e. The van der Waals surface area contributed by atoms with Crippen molar-refractivity contribution in [2.45, 2.75) is 84.8 Å². The van der Waals surface area contributed by atoms with Crippen molar-refractivity contribution in [3.63, 3.8) is 0 Å². The number of amides is 1. The number of ether oxygens (including phenoxy) is 3. The van der Waals surface area contributed by atoms with Crippen LogP contribution >= 0.6 is 0 Å². The minimum absolute atomic E-state index is 0. The van der Waals surface area contributed by atoms with Crippen LogP contribution in [0.15, 0.2) is 52.5 Å². The Hall–Kier alpha value is -3.24. The van der Waals surface area contributed by atoms with Crippen LogP contribution in [0, 0.1) is 30.6 Å². The fourth-order valence-electron chi connectivity index (χ4n) is 6.72. The van der Waals surface area contributed by atoms with Gasteiger partial charge in [-0.2, -0.15) is 0 Å². The topological polar surface area (TPSA) is 219 Å². The molecular formula is C37H48N3O11Y-. The van der Waals surface area contributed by atoms with E-state index in [0.29, 0.717) is 0 Å². The van der Waals surface area contributed by atoms with Crippen molar-refractivity contribution in [2.75, 3.05) is 14.2 Å². The minimum atomic E-state index is -2.02. The molecular weight excluding hydrogens is 751 g/mol. The first-order valence-electron chi connectivity index (χ1n) is 16.7. The number of phenolic OH excluding ortho intramolecular Hbond substituents is 1. The van der Waals surface area contributed by atoms with Gasteiger partial charge in [-0.05, 0) is 19.9 Å². The predicted octanol–water partition coefficient (Wildman–Crippen LogP) is 3.27. The molecule has 0 aromatic heterocycles. The van der Waals surface area contributed by atoms with Crippen molar-refractivity contribution in [3.05, 3.63) is 75.1 Å². The summed E-state index contributed by atoms with van der Waals surface area (Å²) in [5, 5.41) is 62.9. The van der Waals surface area contributed by atoms with Crippen LogP contribution in [0.2, 0.25) is 0 Å². The number of aliphatic hydroxyl groups excluding tert-OH is 4. The van der Waals surface area contributed by atoms with E-state index in [0.717, 1.165) is 6.21 Å². The molecule has 1 aliphatic carbocycles. The molecule has 1 aromatic carbocycles. The van der Waals surface area contributed by atoms with Crippen molar-refractivity contribution in [2.24, 2.45) is 28.8 Å². The third-order valence-corrected chi connectivity index (χ3v) is 10.2. The normalized spacial score (nSPS) is 35.2. The van der Waals surface area contributed by atoms with Gasteiger partial charge in [-0.25, -0.2) is 0 Å². The molecule has 1 amide bonds. The summed E-state index contributed by atoms with van der Waals surface area (Å²) in [6.45, 7) is 11.1. The van der Waals surface area contributed by atoms with Gasteiger partial charge < -0.3 is 55.6 Å². The SMILES string of the molecule is C[N-]/N=C/C1=C2NC(=O)/C(C)=C\C=C\[C@@H](C)[C@@H](O)[C@@H](C)[C@H](O)[C@@H](C)[C@H](O)[C@H](C)[C@@H](OC)/C=C/O[C@@]3(C)Oc4c(C)c(O)c(c(c4C3=O)C1O)C2=O.[Y]. The first kappa shape index (κ1) is 43.2. The average molecular weight is 800 g/mol. The Morgan fingerprint density at radius 1 is 0.962 bits per heavy atom. The number of allylic oxidation sites excluding steroid dienone is 3. The van der Waals surface area contributed by atoms with Gasteiger partial charge in [0.2, 0.25) is 5.78 Å². The molecule has 0 spiro atoms. The molecule has 15 heteroatoms. The number of nitrogens with zero attached hydrogens (tertiary/aromatic N) is 2. The third-order valence-electron chi connectivity index (χ3n) is 10.2. The molecule has 52 heavy (non-hydrogen) atoms. The van der Waals surface area contributed by atoms with Gasteiger partial charge in [-0.3, -0.25) is 14.4 Å². The van der Waals surface area contributed by atoms with Crippen LogP contribution in [0.1, 0.15) is 79.5 Å². The van der Waals surface area contributed by atoms with E-state index in [1.807, 2.05) is 0 Å². The largest absolute Gasteiger partial charge is 0.605 e. The molecule has 0 fully saturated rings. The number of phenols is 1. The second-order valence-corrected chi connectivity index (χ2v) is 13.6. The van der Waals surface area contributed by atoms with E-state index in [4.69, 9.17) is 14.2 Å². The van der Waals surface area contributed by atoms with Crippen molar-refractivity contribution in [1.82, 2.24) is 5.32 Å². The monoisotopic (exact) mass is 799 g/mol. The molecule has 5 bridgehead atoms. The van der Waals surface area contributed by atoms with Crippen molar-refractivity contribution in [3.8, 4) is 11.5 Å². The zero-order valence-electron chi connectivity index (χ0n) is 30.8. The fraction of sp³-hybridized carbons (Fsp3) is 0.514. The molecule has 1 radical (unpaired) electrons. The quantitative estimate of drug-likeness (QED) is 0.193.